The van der Waals surface area contributed by atoms with Crippen molar-refractivity contribution in [3.63, 3.8) is 0 Å². The molecule has 2 atom stereocenters. The number of benzene rings is 1. The SMILES string of the molecule is CC(C)Oc1cc(NC(C)C2CCCO2)ccc1[N+](=O)[O-]. The highest BCUT2D eigenvalue weighted by atomic mass is 16.6. The summed E-state index contributed by atoms with van der Waals surface area (Å²) in [7, 11) is 0. The Morgan fingerprint density at radius 3 is 2.76 bits per heavy atom. The van der Waals surface area contributed by atoms with E-state index in [1.165, 1.54) is 6.07 Å². The van der Waals surface area contributed by atoms with E-state index in [2.05, 4.69) is 12.2 Å². The first-order valence-electron chi connectivity index (χ1n) is 7.30. The van der Waals surface area contributed by atoms with Crippen LogP contribution < -0.4 is 10.1 Å². The maximum absolute atomic E-state index is 11.0. The molecule has 116 valence electrons. The average Bonchev–Trinajstić information content (AvgIpc) is 2.91. The number of nitro groups is 1. The van der Waals surface area contributed by atoms with Crippen molar-refractivity contribution < 1.29 is 14.4 Å². The van der Waals surface area contributed by atoms with E-state index in [4.69, 9.17) is 9.47 Å². The van der Waals surface area contributed by atoms with E-state index in [-0.39, 0.29) is 23.9 Å². The molecule has 6 nitrogen and oxygen atoms in total. The lowest BCUT2D eigenvalue weighted by molar-refractivity contribution is -0.386. The van der Waals surface area contributed by atoms with E-state index in [9.17, 15) is 10.1 Å². The van der Waals surface area contributed by atoms with Gasteiger partial charge >= 0.3 is 5.69 Å². The van der Waals surface area contributed by atoms with Gasteiger partial charge < -0.3 is 14.8 Å². The number of hydrogen-bond donors (Lipinski definition) is 1. The van der Waals surface area contributed by atoms with Crippen LogP contribution in [-0.4, -0.2) is 29.8 Å². The molecule has 0 aliphatic carbocycles. The summed E-state index contributed by atoms with van der Waals surface area (Å²) in [5.41, 5.74) is 0.790. The number of nitrogens with one attached hydrogen (secondary N) is 1. The molecule has 0 radical (unpaired) electrons. The second-order valence-electron chi connectivity index (χ2n) is 5.59. The molecule has 1 aromatic rings. The maximum atomic E-state index is 11.0. The lowest BCUT2D eigenvalue weighted by Gasteiger charge is -2.21. The minimum Gasteiger partial charge on any atom is -0.484 e. The highest BCUT2D eigenvalue weighted by molar-refractivity contribution is 5.58. The van der Waals surface area contributed by atoms with Crippen LogP contribution in [0.25, 0.3) is 0 Å². The van der Waals surface area contributed by atoms with Gasteiger partial charge in [-0.15, -0.1) is 0 Å². The minimum atomic E-state index is -0.426. The van der Waals surface area contributed by atoms with Crippen molar-refractivity contribution in [2.45, 2.75) is 51.9 Å². The first-order chi connectivity index (χ1) is 9.97. The molecule has 1 saturated heterocycles. The molecule has 2 unspecified atom stereocenters. The number of hydrogen-bond acceptors (Lipinski definition) is 5. The van der Waals surface area contributed by atoms with Gasteiger partial charge in [-0.1, -0.05) is 0 Å². The van der Waals surface area contributed by atoms with E-state index < -0.39 is 4.92 Å². The molecule has 6 heteroatoms. The van der Waals surface area contributed by atoms with Crippen LogP contribution in [0.1, 0.15) is 33.6 Å². The number of anilines is 1. The smallest absolute Gasteiger partial charge is 0.311 e. The zero-order valence-corrected chi connectivity index (χ0v) is 12.7. The van der Waals surface area contributed by atoms with Gasteiger partial charge in [0, 0.05) is 30.5 Å². The van der Waals surface area contributed by atoms with Crippen molar-refractivity contribution in [1.82, 2.24) is 0 Å². The van der Waals surface area contributed by atoms with Gasteiger partial charge in [-0.3, -0.25) is 10.1 Å². The van der Waals surface area contributed by atoms with Crippen LogP contribution in [0, 0.1) is 10.1 Å². The number of ether oxygens (including phenoxy) is 2. The van der Waals surface area contributed by atoms with Gasteiger partial charge in [-0.2, -0.15) is 0 Å². The van der Waals surface area contributed by atoms with Gasteiger partial charge in [0.1, 0.15) is 0 Å². The Kier molecular flexibility index (Phi) is 5.01. The molecule has 0 aromatic heterocycles. The van der Waals surface area contributed by atoms with Gasteiger partial charge in [-0.25, -0.2) is 0 Å². The first kappa shape index (κ1) is 15.6. The molecule has 0 amide bonds. The normalized spacial score (nSPS) is 19.5. The quantitative estimate of drug-likeness (QED) is 0.643. The van der Waals surface area contributed by atoms with Crippen LogP contribution in [-0.2, 0) is 4.74 Å². The van der Waals surface area contributed by atoms with Crippen LogP contribution in [0.2, 0.25) is 0 Å². The Bertz CT molecular complexity index is 498. The van der Waals surface area contributed by atoms with E-state index >= 15 is 0 Å². The highest BCUT2D eigenvalue weighted by Gasteiger charge is 2.23. The third kappa shape index (κ3) is 4.07. The molecule has 0 bridgehead atoms. The summed E-state index contributed by atoms with van der Waals surface area (Å²) in [6, 6.07) is 5.02. The summed E-state index contributed by atoms with van der Waals surface area (Å²) >= 11 is 0. The van der Waals surface area contributed by atoms with Crippen LogP contribution >= 0.6 is 0 Å². The summed E-state index contributed by atoms with van der Waals surface area (Å²) in [4.78, 5) is 10.6. The predicted octanol–water partition coefficient (Wildman–Crippen LogP) is 3.36. The highest BCUT2D eigenvalue weighted by Crippen LogP contribution is 2.31. The standard InChI is InChI=1S/C15H22N2O4/c1-10(2)21-15-9-12(6-7-13(15)17(18)19)16-11(3)14-5-4-8-20-14/h6-7,9-11,14,16H,4-5,8H2,1-3H3. The molecule has 1 aromatic carbocycles. The van der Waals surface area contributed by atoms with E-state index in [1.807, 2.05) is 13.8 Å². The van der Waals surface area contributed by atoms with Crippen molar-refractivity contribution in [2.75, 3.05) is 11.9 Å². The van der Waals surface area contributed by atoms with Crippen molar-refractivity contribution in [3.05, 3.63) is 28.3 Å². The van der Waals surface area contributed by atoms with Crippen LogP contribution in [0.4, 0.5) is 11.4 Å². The number of rotatable bonds is 6. The summed E-state index contributed by atoms with van der Waals surface area (Å²) in [6.07, 6.45) is 2.19. The summed E-state index contributed by atoms with van der Waals surface area (Å²) in [5.74, 6) is 0.291. The molecule has 1 aliphatic rings. The van der Waals surface area contributed by atoms with Crippen molar-refractivity contribution in [1.29, 1.82) is 0 Å². The lowest BCUT2D eigenvalue weighted by atomic mass is 10.1. The molecule has 1 aliphatic heterocycles. The fourth-order valence-electron chi connectivity index (χ4n) is 2.46. The maximum Gasteiger partial charge on any atom is 0.311 e. The fourth-order valence-corrected chi connectivity index (χ4v) is 2.46. The molecule has 21 heavy (non-hydrogen) atoms. The van der Waals surface area contributed by atoms with Crippen molar-refractivity contribution in [2.24, 2.45) is 0 Å². The Hall–Kier alpha value is -1.82. The topological polar surface area (TPSA) is 73.6 Å². The summed E-state index contributed by atoms with van der Waals surface area (Å²) in [5, 5.41) is 14.4. The van der Waals surface area contributed by atoms with Gasteiger partial charge in [-0.05, 0) is 39.7 Å². The number of nitro benzene ring substituents is 1. The molecule has 1 fully saturated rings. The van der Waals surface area contributed by atoms with Gasteiger partial charge in [0.2, 0.25) is 0 Å². The first-order valence-corrected chi connectivity index (χ1v) is 7.30. The van der Waals surface area contributed by atoms with E-state index in [1.54, 1.807) is 12.1 Å². The zero-order valence-electron chi connectivity index (χ0n) is 12.7. The fraction of sp³-hybridized carbons (Fsp3) is 0.600. The summed E-state index contributed by atoms with van der Waals surface area (Å²) in [6.45, 7) is 6.55. The largest absolute Gasteiger partial charge is 0.484 e. The van der Waals surface area contributed by atoms with Gasteiger partial charge in [0.25, 0.3) is 0 Å². The molecule has 2 rings (SSSR count). The molecule has 0 saturated carbocycles. The molecular weight excluding hydrogens is 272 g/mol. The summed E-state index contributed by atoms with van der Waals surface area (Å²) < 4.78 is 11.2. The van der Waals surface area contributed by atoms with Crippen molar-refractivity contribution >= 4 is 11.4 Å². The number of nitrogens with zero attached hydrogens (tertiary/aromatic N) is 1. The Morgan fingerprint density at radius 2 is 2.19 bits per heavy atom. The Balaban J connectivity index is 2.14. The lowest BCUT2D eigenvalue weighted by Crippen LogP contribution is -2.30. The minimum absolute atomic E-state index is 0.0148. The van der Waals surface area contributed by atoms with E-state index in [0.717, 1.165) is 25.1 Å². The monoisotopic (exact) mass is 294 g/mol. The van der Waals surface area contributed by atoms with Crippen LogP contribution in [0.15, 0.2) is 18.2 Å². The van der Waals surface area contributed by atoms with E-state index in [0.29, 0.717) is 5.75 Å². The van der Waals surface area contributed by atoms with Crippen molar-refractivity contribution in [3.8, 4) is 5.75 Å². The van der Waals surface area contributed by atoms with Crippen LogP contribution in [0.5, 0.6) is 5.75 Å². The predicted molar refractivity (Wildman–Crippen MR) is 80.9 cm³/mol. The molecular formula is C15H22N2O4. The molecule has 1 N–H and O–H groups in total. The van der Waals surface area contributed by atoms with Gasteiger partial charge in [0.05, 0.1) is 17.1 Å². The van der Waals surface area contributed by atoms with Crippen LogP contribution in [0.3, 0.4) is 0 Å². The second kappa shape index (κ2) is 6.76. The third-order valence-corrected chi connectivity index (χ3v) is 3.44. The Labute approximate surface area is 124 Å². The average molecular weight is 294 g/mol. The zero-order chi connectivity index (χ0) is 15.4. The Morgan fingerprint density at radius 1 is 1.43 bits per heavy atom. The molecule has 1 heterocycles. The van der Waals surface area contributed by atoms with Gasteiger partial charge in [0.15, 0.2) is 5.75 Å². The molecule has 0 spiro atoms. The third-order valence-electron chi connectivity index (χ3n) is 3.44. The second-order valence-corrected chi connectivity index (χ2v) is 5.59.